The van der Waals surface area contributed by atoms with Gasteiger partial charge in [-0.15, -0.1) is 0 Å². The van der Waals surface area contributed by atoms with Gasteiger partial charge in [0.05, 0.1) is 6.54 Å². The summed E-state index contributed by atoms with van der Waals surface area (Å²) in [5.41, 5.74) is 8.19. The van der Waals surface area contributed by atoms with Crippen molar-refractivity contribution in [3.05, 3.63) is 89.5 Å². The average molecular weight is 571 g/mol. The molecule has 1 aliphatic rings. The van der Waals surface area contributed by atoms with E-state index in [1.807, 2.05) is 60.7 Å². The van der Waals surface area contributed by atoms with Crippen LogP contribution in [0.3, 0.4) is 0 Å². The lowest BCUT2D eigenvalue weighted by molar-refractivity contribution is -0.131. The van der Waals surface area contributed by atoms with E-state index in [2.05, 4.69) is 10.6 Å². The first-order chi connectivity index (χ1) is 19.7. The molecule has 0 fully saturated rings. The summed E-state index contributed by atoms with van der Waals surface area (Å²) in [5.74, 6) is -1.24. The van der Waals surface area contributed by atoms with E-state index >= 15 is 0 Å². The predicted molar refractivity (Wildman–Crippen MR) is 162 cm³/mol. The highest BCUT2D eigenvalue weighted by Crippen LogP contribution is 2.30. The maximum Gasteiger partial charge on any atom is 0.408 e. The van der Waals surface area contributed by atoms with Crippen LogP contribution < -0.4 is 21.3 Å². The quantitative estimate of drug-likeness (QED) is 0.378. The third-order valence-corrected chi connectivity index (χ3v) is 7.03. The Balaban J connectivity index is 1.55. The Bertz CT molecular complexity index is 1490. The summed E-state index contributed by atoms with van der Waals surface area (Å²) < 4.78 is 5.31. The number of fused-ring (bicyclic) bond motifs is 1. The van der Waals surface area contributed by atoms with Gasteiger partial charge in [0.2, 0.25) is 17.7 Å². The number of nitrogens with two attached hydrogens (primary N) is 1. The monoisotopic (exact) mass is 570 g/mol. The van der Waals surface area contributed by atoms with Crippen molar-refractivity contribution in [2.75, 3.05) is 4.90 Å². The molecule has 0 spiro atoms. The number of nitrogens with zero attached hydrogens (tertiary/aromatic N) is 1. The molecule has 3 aromatic carbocycles. The number of carbonyl (C=O) groups excluding carboxylic acids is 4. The summed E-state index contributed by atoms with van der Waals surface area (Å²) in [6, 6.07) is 21.7. The number of para-hydroxylation sites is 1. The van der Waals surface area contributed by atoms with Crippen molar-refractivity contribution >= 4 is 29.5 Å². The molecule has 0 radical (unpaired) electrons. The number of benzene rings is 3. The second kappa shape index (κ2) is 12.1. The molecule has 1 heterocycles. The van der Waals surface area contributed by atoms with Crippen LogP contribution in [-0.2, 0) is 27.3 Å². The second-order valence-electron chi connectivity index (χ2n) is 12.0. The van der Waals surface area contributed by atoms with E-state index in [0.717, 1.165) is 27.9 Å². The minimum atomic E-state index is -1.32. The summed E-state index contributed by atoms with van der Waals surface area (Å²) in [7, 11) is 0. The Labute approximate surface area is 246 Å². The highest BCUT2D eigenvalue weighted by Gasteiger charge is 2.37. The molecule has 1 aliphatic heterocycles. The number of alkyl carbamates (subject to hydrolysis) is 1. The van der Waals surface area contributed by atoms with Crippen molar-refractivity contribution in [1.82, 2.24) is 10.6 Å². The molecular formula is C33H38N4O5. The van der Waals surface area contributed by atoms with Crippen LogP contribution in [0.25, 0.3) is 11.1 Å². The molecule has 42 heavy (non-hydrogen) atoms. The normalized spacial score (nSPS) is 15.3. The minimum absolute atomic E-state index is 0.246. The summed E-state index contributed by atoms with van der Waals surface area (Å²) in [6.45, 7) is 8.63. The van der Waals surface area contributed by atoms with Crippen molar-refractivity contribution in [1.29, 1.82) is 0 Å². The van der Waals surface area contributed by atoms with Gasteiger partial charge in [-0.3, -0.25) is 14.4 Å². The SMILES string of the molecule is CC(C)(C)OC(=O)NC(C)(C)C(=O)N[C@@H]1CCc2ccccc2N(Cc2ccc(-c3ccccc3C(N)=O)cc2)C1=O. The molecule has 1 atom stereocenters. The summed E-state index contributed by atoms with van der Waals surface area (Å²) >= 11 is 0. The maximum atomic E-state index is 13.9. The van der Waals surface area contributed by atoms with Gasteiger partial charge in [0.1, 0.15) is 17.2 Å². The highest BCUT2D eigenvalue weighted by atomic mass is 16.6. The van der Waals surface area contributed by atoms with Gasteiger partial charge >= 0.3 is 6.09 Å². The number of aryl methyl sites for hydroxylation is 1. The summed E-state index contributed by atoms with van der Waals surface area (Å²) in [6.07, 6.45) is 0.279. The molecule has 0 bridgehead atoms. The van der Waals surface area contributed by atoms with Crippen molar-refractivity contribution in [2.24, 2.45) is 5.73 Å². The largest absolute Gasteiger partial charge is 0.444 e. The zero-order chi connectivity index (χ0) is 30.7. The van der Waals surface area contributed by atoms with E-state index in [1.165, 1.54) is 0 Å². The van der Waals surface area contributed by atoms with Gasteiger partial charge in [0, 0.05) is 11.3 Å². The Morgan fingerprint density at radius 2 is 1.57 bits per heavy atom. The number of nitrogens with one attached hydrogen (secondary N) is 2. The standard InChI is InChI=1S/C33H38N4O5/c1-32(2,3)42-31(41)36-33(4,5)30(40)35-26-19-18-23-10-6-9-13-27(23)37(29(26)39)20-21-14-16-22(17-15-21)24-11-7-8-12-25(24)28(34)38/h6-17,26H,18-20H2,1-5H3,(H2,34,38)(H,35,40)(H,36,41)/t26-/m1/s1. The van der Waals surface area contributed by atoms with Crippen LogP contribution in [0.1, 0.15) is 62.5 Å². The first kappa shape index (κ1) is 30.3. The Morgan fingerprint density at radius 1 is 0.929 bits per heavy atom. The van der Waals surface area contributed by atoms with Crippen molar-refractivity contribution < 1.29 is 23.9 Å². The van der Waals surface area contributed by atoms with E-state index in [0.29, 0.717) is 18.4 Å². The Kier molecular flexibility index (Phi) is 8.70. The van der Waals surface area contributed by atoms with Crippen LogP contribution in [0.15, 0.2) is 72.8 Å². The molecular weight excluding hydrogens is 532 g/mol. The van der Waals surface area contributed by atoms with E-state index < -0.39 is 35.1 Å². The number of primary amides is 1. The van der Waals surface area contributed by atoms with Gasteiger partial charge in [-0.1, -0.05) is 60.7 Å². The molecule has 4 N–H and O–H groups in total. The first-order valence-electron chi connectivity index (χ1n) is 13.9. The van der Waals surface area contributed by atoms with Gasteiger partial charge in [-0.25, -0.2) is 4.79 Å². The van der Waals surface area contributed by atoms with Crippen LogP contribution in [0.2, 0.25) is 0 Å². The van der Waals surface area contributed by atoms with Crippen molar-refractivity contribution in [2.45, 2.75) is 71.2 Å². The third kappa shape index (κ3) is 7.15. The molecule has 4 rings (SSSR count). The Morgan fingerprint density at radius 3 is 2.24 bits per heavy atom. The number of carbonyl (C=O) groups is 4. The van der Waals surface area contributed by atoms with Crippen LogP contribution >= 0.6 is 0 Å². The average Bonchev–Trinajstić information content (AvgIpc) is 3.04. The topological polar surface area (TPSA) is 131 Å². The molecule has 0 saturated heterocycles. The fourth-order valence-electron chi connectivity index (χ4n) is 4.89. The number of rotatable bonds is 7. The maximum absolute atomic E-state index is 13.9. The number of hydrogen-bond acceptors (Lipinski definition) is 5. The van der Waals surface area contributed by atoms with Crippen molar-refractivity contribution in [3.63, 3.8) is 0 Å². The molecule has 0 aliphatic carbocycles. The third-order valence-electron chi connectivity index (χ3n) is 7.03. The Hall–Kier alpha value is -4.66. The van der Waals surface area contributed by atoms with Gasteiger partial charge in [-0.2, -0.15) is 0 Å². The molecule has 220 valence electrons. The number of anilines is 1. The molecule has 4 amide bonds. The van der Waals surface area contributed by atoms with Gasteiger partial charge in [-0.05, 0) is 81.8 Å². The zero-order valence-corrected chi connectivity index (χ0v) is 24.7. The second-order valence-corrected chi connectivity index (χ2v) is 12.0. The van der Waals surface area contributed by atoms with E-state index in [4.69, 9.17) is 10.5 Å². The molecule has 0 saturated carbocycles. The number of ether oxygens (including phenoxy) is 1. The van der Waals surface area contributed by atoms with E-state index in [9.17, 15) is 19.2 Å². The number of hydrogen-bond donors (Lipinski definition) is 3. The lowest BCUT2D eigenvalue weighted by atomic mass is 9.98. The minimum Gasteiger partial charge on any atom is -0.444 e. The molecule has 9 nitrogen and oxygen atoms in total. The molecule has 0 unspecified atom stereocenters. The predicted octanol–water partition coefficient (Wildman–Crippen LogP) is 4.72. The van der Waals surface area contributed by atoms with Crippen molar-refractivity contribution in [3.8, 4) is 11.1 Å². The fraction of sp³-hybridized carbons (Fsp3) is 0.333. The highest BCUT2D eigenvalue weighted by molar-refractivity contribution is 6.02. The van der Waals surface area contributed by atoms with Crippen LogP contribution in [0, 0.1) is 0 Å². The van der Waals surface area contributed by atoms with Crippen LogP contribution in [0.4, 0.5) is 10.5 Å². The smallest absolute Gasteiger partial charge is 0.408 e. The zero-order valence-electron chi connectivity index (χ0n) is 24.7. The van der Waals surface area contributed by atoms with E-state index in [-0.39, 0.29) is 12.5 Å². The number of amides is 4. The lowest BCUT2D eigenvalue weighted by Crippen LogP contribution is -2.59. The first-order valence-corrected chi connectivity index (χ1v) is 13.9. The van der Waals surface area contributed by atoms with Gasteiger partial charge < -0.3 is 26.0 Å². The summed E-state index contributed by atoms with van der Waals surface area (Å²) in [4.78, 5) is 53.2. The van der Waals surface area contributed by atoms with Gasteiger partial charge in [0.25, 0.3) is 0 Å². The van der Waals surface area contributed by atoms with E-state index in [1.54, 1.807) is 51.7 Å². The summed E-state index contributed by atoms with van der Waals surface area (Å²) in [5, 5.41) is 5.47. The van der Waals surface area contributed by atoms with Gasteiger partial charge in [0.15, 0.2) is 0 Å². The van der Waals surface area contributed by atoms with Crippen LogP contribution in [-0.4, -0.2) is 41.0 Å². The van der Waals surface area contributed by atoms with Crippen LogP contribution in [0.5, 0.6) is 0 Å². The fourth-order valence-corrected chi connectivity index (χ4v) is 4.89. The molecule has 9 heteroatoms. The molecule has 0 aromatic heterocycles. The molecule has 3 aromatic rings. The lowest BCUT2D eigenvalue weighted by Gasteiger charge is -2.31.